The maximum atomic E-state index is 9.77. The van der Waals surface area contributed by atoms with Crippen LogP contribution in [0.1, 0.15) is 19.4 Å². The number of likely N-dealkylation sites (N-methyl/N-ethyl adjacent to an activating group) is 1. The zero-order chi connectivity index (χ0) is 13.1. The van der Waals surface area contributed by atoms with Crippen molar-refractivity contribution in [3.63, 3.8) is 0 Å². The molecule has 0 aliphatic carbocycles. The van der Waals surface area contributed by atoms with Gasteiger partial charge in [-0.2, -0.15) is 0 Å². The lowest BCUT2D eigenvalue weighted by Crippen LogP contribution is -2.28. The van der Waals surface area contributed by atoms with Crippen LogP contribution < -0.4 is 0 Å². The molecule has 0 radical (unpaired) electrons. The molecule has 2 rings (SSSR count). The third-order valence-corrected chi connectivity index (χ3v) is 3.55. The van der Waals surface area contributed by atoms with E-state index in [-0.39, 0.29) is 0 Å². The van der Waals surface area contributed by atoms with Gasteiger partial charge in [-0.15, -0.1) is 0 Å². The molecular weight excluding hydrogens is 222 g/mol. The Hall–Kier alpha value is -1.54. The van der Waals surface area contributed by atoms with E-state index in [9.17, 15) is 5.11 Å². The van der Waals surface area contributed by atoms with Gasteiger partial charge in [0.1, 0.15) is 5.75 Å². The first-order chi connectivity index (χ1) is 8.58. The molecule has 96 valence electrons. The molecule has 0 fully saturated rings. The summed E-state index contributed by atoms with van der Waals surface area (Å²) in [6.07, 6.45) is 0.962. The third-order valence-electron chi connectivity index (χ3n) is 3.55. The molecular formula is C16H21NO. The van der Waals surface area contributed by atoms with Gasteiger partial charge in [0.2, 0.25) is 0 Å². The molecule has 0 aliphatic heterocycles. The van der Waals surface area contributed by atoms with Gasteiger partial charge in [-0.3, -0.25) is 0 Å². The van der Waals surface area contributed by atoms with Gasteiger partial charge in [0.25, 0.3) is 0 Å². The Morgan fingerprint density at radius 1 is 1.17 bits per heavy atom. The van der Waals surface area contributed by atoms with Gasteiger partial charge in [-0.1, -0.05) is 24.3 Å². The second-order valence-electron chi connectivity index (χ2n) is 5.15. The Morgan fingerprint density at radius 3 is 2.61 bits per heavy atom. The zero-order valence-electron chi connectivity index (χ0n) is 11.4. The van der Waals surface area contributed by atoms with E-state index < -0.39 is 0 Å². The van der Waals surface area contributed by atoms with E-state index in [4.69, 9.17) is 0 Å². The number of phenols is 1. The van der Waals surface area contributed by atoms with Crippen molar-refractivity contribution in [3.05, 3.63) is 42.0 Å². The number of nitrogens with zero attached hydrogens (tertiary/aromatic N) is 1. The minimum Gasteiger partial charge on any atom is -0.508 e. The summed E-state index contributed by atoms with van der Waals surface area (Å²) in [4.78, 5) is 2.32. The lowest BCUT2D eigenvalue weighted by molar-refractivity contribution is 0.277. The van der Waals surface area contributed by atoms with Crippen molar-refractivity contribution in [1.82, 2.24) is 4.90 Å². The molecule has 2 aromatic rings. The van der Waals surface area contributed by atoms with Crippen LogP contribution >= 0.6 is 0 Å². The average molecular weight is 243 g/mol. The van der Waals surface area contributed by atoms with E-state index in [1.54, 1.807) is 0 Å². The highest BCUT2D eigenvalue weighted by atomic mass is 16.3. The highest BCUT2D eigenvalue weighted by molar-refractivity contribution is 5.87. The lowest BCUT2D eigenvalue weighted by atomic mass is 10.0. The molecule has 2 aromatic carbocycles. The maximum Gasteiger partial charge on any atom is 0.116 e. The fourth-order valence-corrected chi connectivity index (χ4v) is 2.13. The number of benzene rings is 2. The predicted octanol–water partition coefficient (Wildman–Crippen LogP) is 3.43. The summed E-state index contributed by atoms with van der Waals surface area (Å²) in [5.74, 6) is 0.357. The van der Waals surface area contributed by atoms with Crippen LogP contribution in [-0.2, 0) is 6.42 Å². The molecule has 0 aliphatic rings. The van der Waals surface area contributed by atoms with E-state index in [0.29, 0.717) is 11.8 Å². The Labute approximate surface area is 109 Å². The first kappa shape index (κ1) is 12.9. The molecule has 0 heterocycles. The van der Waals surface area contributed by atoms with Crippen LogP contribution in [0.15, 0.2) is 36.4 Å². The molecule has 18 heavy (non-hydrogen) atoms. The highest BCUT2D eigenvalue weighted by Crippen LogP contribution is 2.25. The molecule has 0 bridgehead atoms. The summed E-state index contributed by atoms with van der Waals surface area (Å²) in [5.41, 5.74) is 1.22. The van der Waals surface area contributed by atoms with E-state index in [1.165, 1.54) is 10.9 Å². The highest BCUT2D eigenvalue weighted by Gasteiger charge is 2.07. The first-order valence-corrected chi connectivity index (χ1v) is 6.49. The molecule has 0 saturated carbocycles. The van der Waals surface area contributed by atoms with Crippen molar-refractivity contribution in [3.8, 4) is 5.75 Å². The Balaban J connectivity index is 2.27. The van der Waals surface area contributed by atoms with E-state index >= 15 is 0 Å². The molecule has 0 atom stereocenters. The Kier molecular flexibility index (Phi) is 3.87. The second-order valence-corrected chi connectivity index (χ2v) is 5.15. The van der Waals surface area contributed by atoms with E-state index in [1.807, 2.05) is 24.3 Å². The largest absolute Gasteiger partial charge is 0.508 e. The fraction of sp³-hybridized carbons (Fsp3) is 0.375. The number of fused-ring (bicyclic) bond motifs is 1. The van der Waals surface area contributed by atoms with Gasteiger partial charge in [0, 0.05) is 12.6 Å². The number of phenolic OH excluding ortho intramolecular Hbond substituents is 1. The molecule has 0 spiro atoms. The summed E-state index contributed by atoms with van der Waals surface area (Å²) >= 11 is 0. The standard InChI is InChI=1S/C16H21NO/c1-12(2)17(3)9-8-14-11-15(18)10-13-6-4-5-7-16(13)14/h4-7,10-12,18H,8-9H2,1-3H3. The van der Waals surface area contributed by atoms with Crippen LogP contribution in [0.4, 0.5) is 0 Å². The van der Waals surface area contributed by atoms with Crippen molar-refractivity contribution in [2.24, 2.45) is 0 Å². The minimum atomic E-state index is 0.357. The van der Waals surface area contributed by atoms with Gasteiger partial charge in [0.05, 0.1) is 0 Å². The van der Waals surface area contributed by atoms with Crippen molar-refractivity contribution in [2.45, 2.75) is 26.3 Å². The SMILES string of the molecule is CC(C)N(C)CCc1cc(O)cc2ccccc12. The van der Waals surface area contributed by atoms with Crippen LogP contribution in [0.3, 0.4) is 0 Å². The topological polar surface area (TPSA) is 23.5 Å². The van der Waals surface area contributed by atoms with E-state index in [2.05, 4.69) is 37.9 Å². The number of aromatic hydroxyl groups is 1. The lowest BCUT2D eigenvalue weighted by Gasteiger charge is -2.21. The monoisotopic (exact) mass is 243 g/mol. The Morgan fingerprint density at radius 2 is 1.89 bits per heavy atom. The van der Waals surface area contributed by atoms with E-state index in [0.717, 1.165) is 18.4 Å². The summed E-state index contributed by atoms with van der Waals surface area (Å²) in [7, 11) is 2.13. The van der Waals surface area contributed by atoms with Gasteiger partial charge in [-0.05, 0) is 55.8 Å². The van der Waals surface area contributed by atoms with Gasteiger partial charge in [-0.25, -0.2) is 0 Å². The quantitative estimate of drug-likeness (QED) is 0.889. The normalized spacial score (nSPS) is 11.6. The maximum absolute atomic E-state index is 9.77. The minimum absolute atomic E-state index is 0.357. The number of hydrogen-bond donors (Lipinski definition) is 1. The van der Waals surface area contributed by atoms with Crippen LogP contribution in [0.5, 0.6) is 5.75 Å². The van der Waals surface area contributed by atoms with Crippen LogP contribution in [-0.4, -0.2) is 29.6 Å². The first-order valence-electron chi connectivity index (χ1n) is 6.49. The van der Waals surface area contributed by atoms with Gasteiger partial charge in [0.15, 0.2) is 0 Å². The molecule has 0 unspecified atom stereocenters. The Bertz CT molecular complexity index is 534. The smallest absolute Gasteiger partial charge is 0.116 e. The van der Waals surface area contributed by atoms with Crippen LogP contribution in [0.2, 0.25) is 0 Å². The fourth-order valence-electron chi connectivity index (χ4n) is 2.13. The summed E-state index contributed by atoms with van der Waals surface area (Å²) in [5, 5.41) is 12.1. The molecule has 2 heteroatoms. The number of hydrogen-bond acceptors (Lipinski definition) is 2. The molecule has 0 amide bonds. The summed E-state index contributed by atoms with van der Waals surface area (Å²) in [6.45, 7) is 5.40. The van der Waals surface area contributed by atoms with Crippen molar-refractivity contribution in [1.29, 1.82) is 0 Å². The number of rotatable bonds is 4. The molecule has 0 aromatic heterocycles. The van der Waals surface area contributed by atoms with Crippen molar-refractivity contribution in [2.75, 3.05) is 13.6 Å². The molecule has 2 nitrogen and oxygen atoms in total. The van der Waals surface area contributed by atoms with Gasteiger partial charge < -0.3 is 10.0 Å². The van der Waals surface area contributed by atoms with Crippen molar-refractivity contribution >= 4 is 10.8 Å². The van der Waals surface area contributed by atoms with Gasteiger partial charge >= 0.3 is 0 Å². The van der Waals surface area contributed by atoms with Crippen LogP contribution in [0.25, 0.3) is 10.8 Å². The summed E-state index contributed by atoms with van der Waals surface area (Å²) < 4.78 is 0. The molecule has 1 N–H and O–H groups in total. The average Bonchev–Trinajstić information content (AvgIpc) is 2.35. The molecule has 0 saturated heterocycles. The second kappa shape index (κ2) is 5.40. The van der Waals surface area contributed by atoms with Crippen LogP contribution in [0, 0.1) is 0 Å². The third kappa shape index (κ3) is 2.82. The summed E-state index contributed by atoms with van der Waals surface area (Å²) in [6, 6.07) is 12.5. The zero-order valence-corrected chi connectivity index (χ0v) is 11.4. The predicted molar refractivity (Wildman–Crippen MR) is 77.1 cm³/mol. The van der Waals surface area contributed by atoms with Crippen molar-refractivity contribution < 1.29 is 5.11 Å².